The number of halogens is 3. The molecule has 0 radical (unpaired) electrons. The van der Waals surface area contributed by atoms with Gasteiger partial charge in [-0.15, -0.1) is 11.6 Å². The van der Waals surface area contributed by atoms with Gasteiger partial charge in [-0.3, -0.25) is 15.0 Å². The van der Waals surface area contributed by atoms with Crippen LogP contribution in [0.25, 0.3) is 0 Å². The number of likely N-dealkylation sites (tertiary alicyclic amines) is 1. The van der Waals surface area contributed by atoms with E-state index in [4.69, 9.17) is 34.8 Å². The topological polar surface area (TPSA) is 45.2 Å². The van der Waals surface area contributed by atoms with Crippen molar-refractivity contribution in [1.29, 1.82) is 0 Å². The molecule has 1 aliphatic heterocycles. The lowest BCUT2D eigenvalue weighted by atomic mass is 9.90. The Balaban J connectivity index is 1.82. The molecule has 2 aliphatic rings. The molecule has 3 atom stereocenters. The number of hydrogen-bond donors (Lipinski definition) is 1. The monoisotopic (exact) mass is 413 g/mol. The van der Waals surface area contributed by atoms with Crippen LogP contribution in [0.15, 0.2) is 42.0 Å². The lowest BCUT2D eigenvalue weighted by Crippen LogP contribution is -2.67. The van der Waals surface area contributed by atoms with Gasteiger partial charge in [-0.05, 0) is 44.4 Å². The Morgan fingerprint density at radius 2 is 2.23 bits per heavy atom. The molecule has 4 nitrogen and oxygen atoms in total. The molecule has 0 saturated carbocycles. The van der Waals surface area contributed by atoms with Crippen molar-refractivity contribution in [2.24, 2.45) is 0 Å². The minimum atomic E-state index is -0.891. The first kappa shape index (κ1) is 19.8. The zero-order valence-corrected chi connectivity index (χ0v) is 16.9. The average molecular weight is 415 g/mol. The van der Waals surface area contributed by atoms with E-state index in [1.54, 1.807) is 18.2 Å². The highest BCUT2D eigenvalue weighted by molar-refractivity contribution is 6.34. The fourth-order valence-corrected chi connectivity index (χ4v) is 4.56. The van der Waals surface area contributed by atoms with Gasteiger partial charge < -0.3 is 0 Å². The molecule has 0 spiro atoms. The number of aromatic nitrogens is 1. The van der Waals surface area contributed by atoms with Crippen LogP contribution in [0.3, 0.4) is 0 Å². The van der Waals surface area contributed by atoms with Crippen molar-refractivity contribution in [3.63, 3.8) is 0 Å². The highest BCUT2D eigenvalue weighted by atomic mass is 35.5. The van der Waals surface area contributed by atoms with Gasteiger partial charge in [-0.25, -0.2) is 4.98 Å². The molecule has 1 aromatic rings. The van der Waals surface area contributed by atoms with Crippen molar-refractivity contribution in [2.75, 3.05) is 6.54 Å². The summed E-state index contributed by atoms with van der Waals surface area (Å²) in [5, 5.41) is 3.57. The van der Waals surface area contributed by atoms with Crippen molar-refractivity contribution >= 4 is 41.1 Å². The van der Waals surface area contributed by atoms with E-state index in [1.807, 2.05) is 18.2 Å². The summed E-state index contributed by atoms with van der Waals surface area (Å²) in [6.07, 6.45) is 9.16. The summed E-state index contributed by atoms with van der Waals surface area (Å²) in [6, 6.07) is 5.59. The molecule has 7 heteroatoms. The van der Waals surface area contributed by atoms with E-state index in [0.29, 0.717) is 17.3 Å². The zero-order chi connectivity index (χ0) is 18.8. The van der Waals surface area contributed by atoms with Crippen molar-refractivity contribution in [1.82, 2.24) is 15.2 Å². The molecule has 1 aliphatic carbocycles. The van der Waals surface area contributed by atoms with Crippen LogP contribution >= 0.6 is 34.8 Å². The second kappa shape index (κ2) is 7.99. The average Bonchev–Trinajstić information content (AvgIpc) is 2.63. The standard InChI is InChI=1S/C19H22Cl3N3O/c1-18(23-12-15-5-4-6-17(21)24-15)8-2-3-10-25(18)19(22)9-7-14(13-26)11-16(19)20/h4-7,9,11,13,16,23H,2-3,8,10,12H2,1H3. The number of piperidine rings is 1. The van der Waals surface area contributed by atoms with Crippen molar-refractivity contribution in [2.45, 2.75) is 48.8 Å². The third-order valence-corrected chi connectivity index (χ3v) is 6.45. The van der Waals surface area contributed by atoms with Gasteiger partial charge in [0.15, 0.2) is 0 Å². The van der Waals surface area contributed by atoms with Crippen LogP contribution in [0.5, 0.6) is 0 Å². The molecule has 0 amide bonds. The number of nitrogens with zero attached hydrogens (tertiary/aromatic N) is 2. The third kappa shape index (κ3) is 4.00. The summed E-state index contributed by atoms with van der Waals surface area (Å²) in [5.74, 6) is 0. The first-order valence-corrected chi connectivity index (χ1v) is 9.90. The highest BCUT2D eigenvalue weighted by Gasteiger charge is 2.49. The van der Waals surface area contributed by atoms with Crippen LogP contribution in [0, 0.1) is 0 Å². The van der Waals surface area contributed by atoms with Gasteiger partial charge in [0.25, 0.3) is 0 Å². The van der Waals surface area contributed by atoms with E-state index in [9.17, 15) is 4.79 Å². The molecule has 1 fully saturated rings. The minimum Gasteiger partial charge on any atom is -0.298 e. The van der Waals surface area contributed by atoms with E-state index in [1.165, 1.54) is 0 Å². The number of alkyl halides is 2. The van der Waals surface area contributed by atoms with E-state index in [-0.39, 0.29) is 5.66 Å². The maximum Gasteiger partial charge on any atom is 0.149 e. The Bertz CT molecular complexity index is 738. The highest BCUT2D eigenvalue weighted by Crippen LogP contribution is 2.42. The van der Waals surface area contributed by atoms with Crippen LogP contribution in [0.4, 0.5) is 0 Å². The lowest BCUT2D eigenvalue weighted by Gasteiger charge is -2.53. The van der Waals surface area contributed by atoms with E-state index < -0.39 is 10.4 Å². The van der Waals surface area contributed by atoms with Gasteiger partial charge in [0, 0.05) is 18.7 Å². The van der Waals surface area contributed by atoms with Gasteiger partial charge in [0.2, 0.25) is 0 Å². The molecule has 0 aromatic carbocycles. The molecule has 1 N–H and O–H groups in total. The van der Waals surface area contributed by atoms with Crippen molar-refractivity contribution in [3.8, 4) is 0 Å². The van der Waals surface area contributed by atoms with Crippen LogP contribution in [-0.2, 0) is 11.3 Å². The fourth-order valence-electron chi connectivity index (χ4n) is 3.65. The predicted octanol–water partition coefficient (Wildman–Crippen LogP) is 4.26. The number of carbonyl (C=O) groups is 1. The number of rotatable bonds is 5. The smallest absolute Gasteiger partial charge is 0.149 e. The lowest BCUT2D eigenvalue weighted by molar-refractivity contribution is -0.104. The van der Waals surface area contributed by atoms with Gasteiger partial charge in [-0.1, -0.05) is 41.4 Å². The minimum absolute atomic E-state index is 0.353. The molecule has 1 saturated heterocycles. The number of hydrogen-bond acceptors (Lipinski definition) is 4. The Kier molecular flexibility index (Phi) is 6.10. The second-order valence-electron chi connectivity index (χ2n) is 6.94. The number of allylic oxidation sites excluding steroid dienone is 2. The first-order valence-electron chi connectivity index (χ1n) is 8.71. The predicted molar refractivity (Wildman–Crippen MR) is 107 cm³/mol. The molecule has 3 unspecified atom stereocenters. The Morgan fingerprint density at radius 1 is 1.42 bits per heavy atom. The maximum atomic E-state index is 11.0. The van der Waals surface area contributed by atoms with Gasteiger partial charge in [-0.2, -0.15) is 0 Å². The van der Waals surface area contributed by atoms with Gasteiger partial charge >= 0.3 is 0 Å². The maximum absolute atomic E-state index is 11.0. The van der Waals surface area contributed by atoms with E-state index in [2.05, 4.69) is 22.1 Å². The number of aldehydes is 1. The zero-order valence-electron chi connectivity index (χ0n) is 14.6. The second-order valence-corrected chi connectivity index (χ2v) is 8.40. The Morgan fingerprint density at radius 3 is 2.92 bits per heavy atom. The number of nitrogens with one attached hydrogen (secondary N) is 1. The van der Waals surface area contributed by atoms with E-state index in [0.717, 1.165) is 37.8 Å². The van der Waals surface area contributed by atoms with Gasteiger partial charge in [0.1, 0.15) is 16.4 Å². The molecule has 140 valence electrons. The van der Waals surface area contributed by atoms with Crippen molar-refractivity contribution in [3.05, 3.63) is 52.8 Å². The number of carbonyl (C=O) groups excluding carboxylic acids is 1. The van der Waals surface area contributed by atoms with E-state index >= 15 is 0 Å². The summed E-state index contributed by atoms with van der Waals surface area (Å²) in [7, 11) is 0. The summed E-state index contributed by atoms with van der Waals surface area (Å²) in [6.45, 7) is 3.53. The summed E-state index contributed by atoms with van der Waals surface area (Å²) in [4.78, 5) is 16.7. The van der Waals surface area contributed by atoms with Crippen LogP contribution in [-0.4, -0.2) is 38.8 Å². The summed E-state index contributed by atoms with van der Waals surface area (Å²) >= 11 is 19.6. The summed E-state index contributed by atoms with van der Waals surface area (Å²) in [5.41, 5.74) is 1.07. The van der Waals surface area contributed by atoms with Crippen molar-refractivity contribution < 1.29 is 4.79 Å². The molecule has 1 aromatic heterocycles. The van der Waals surface area contributed by atoms with Crippen LogP contribution in [0.1, 0.15) is 31.9 Å². The molecular weight excluding hydrogens is 393 g/mol. The first-order chi connectivity index (χ1) is 12.4. The Hall–Kier alpha value is -0.910. The van der Waals surface area contributed by atoms with Crippen LogP contribution in [0.2, 0.25) is 5.15 Å². The molecular formula is C19H22Cl3N3O. The molecule has 2 heterocycles. The largest absolute Gasteiger partial charge is 0.298 e. The quantitative estimate of drug-likeness (QED) is 0.338. The van der Waals surface area contributed by atoms with Gasteiger partial charge in [0.05, 0.1) is 16.7 Å². The molecule has 3 rings (SSSR count). The number of pyridine rings is 1. The Labute approximate surface area is 169 Å². The summed E-state index contributed by atoms with van der Waals surface area (Å²) < 4.78 is 0. The normalized spacial score (nSPS) is 32.3. The third-order valence-electron chi connectivity index (χ3n) is 5.10. The fraction of sp³-hybridized carbons (Fsp3) is 0.474. The van der Waals surface area contributed by atoms with Crippen LogP contribution < -0.4 is 5.32 Å². The molecule has 26 heavy (non-hydrogen) atoms. The SMILES string of the molecule is CC1(NCc2cccc(Cl)n2)CCCCN1C1(Cl)C=CC(C=O)=CC1Cl. The molecule has 0 bridgehead atoms.